The lowest BCUT2D eigenvalue weighted by Crippen LogP contribution is -2.62. The van der Waals surface area contributed by atoms with Gasteiger partial charge in [0.25, 0.3) is 6.71 Å². The van der Waals surface area contributed by atoms with Crippen LogP contribution in [0.15, 0.2) is 115 Å². The van der Waals surface area contributed by atoms with Crippen molar-refractivity contribution in [3.05, 3.63) is 143 Å². The summed E-state index contributed by atoms with van der Waals surface area (Å²) in [7, 11) is -1.89. The zero-order chi connectivity index (χ0) is 47.3. The Labute approximate surface area is 402 Å². The monoisotopic (exact) mass is 903 g/mol. The van der Waals surface area contributed by atoms with Crippen molar-refractivity contribution in [2.24, 2.45) is 0 Å². The minimum absolute atomic E-state index is 0.00900. The van der Waals surface area contributed by atoms with E-state index in [-0.39, 0.29) is 33.8 Å². The number of nitrogens with zero attached hydrogens (tertiary/aromatic N) is 2. The molecule has 10 rings (SSSR count). The molecule has 3 heterocycles. The Hall–Kier alpha value is -4.84. The smallest absolute Gasteiger partial charge is 0.254 e. The molecule has 0 saturated carbocycles. The molecular formula is C61H71BN2SSi. The van der Waals surface area contributed by atoms with Crippen LogP contribution in [0, 0.1) is 0 Å². The van der Waals surface area contributed by atoms with Crippen LogP contribution in [0.25, 0.3) is 21.2 Å². The molecule has 7 aromatic rings. The summed E-state index contributed by atoms with van der Waals surface area (Å²) in [5.74, 6) is 0. The average Bonchev–Trinajstić information content (AvgIpc) is 3.61. The third-order valence-corrected chi connectivity index (χ3v) is 18.7. The second-order valence-corrected chi connectivity index (χ2v) is 31.5. The highest BCUT2D eigenvalue weighted by molar-refractivity contribution is 7.26. The van der Waals surface area contributed by atoms with E-state index in [1.807, 2.05) is 11.3 Å². The van der Waals surface area contributed by atoms with Gasteiger partial charge in [-0.2, -0.15) is 0 Å². The molecule has 0 bridgehead atoms. The summed E-state index contributed by atoms with van der Waals surface area (Å²) in [6, 6.07) is 46.1. The maximum Gasteiger partial charge on any atom is 0.254 e. The van der Waals surface area contributed by atoms with Crippen LogP contribution in [0.4, 0.5) is 33.4 Å². The average molecular weight is 903 g/mol. The Morgan fingerprint density at radius 1 is 0.530 bits per heavy atom. The Morgan fingerprint density at radius 3 is 1.64 bits per heavy atom. The van der Waals surface area contributed by atoms with Crippen molar-refractivity contribution in [1.29, 1.82) is 0 Å². The standard InChI is InChI=1S/C61H71BN2SSi/c1-57(2,3)39-22-26-42(27-23-39)63-50-29-25-41(59(7,8)9)33-48(50)62-54-45-36-46-47(61(12,13)31-30-60(46,10)11)37-53(45)65-56(54)64(52-35-43(66(14,15)16)34-51(63)55(52)62)49-28-24-40(58(4,5)6)32-44(49)38-20-18-17-19-21-38/h17-29,32-37H,30-31H2,1-16H3. The van der Waals surface area contributed by atoms with E-state index in [0.717, 1.165) is 0 Å². The summed E-state index contributed by atoms with van der Waals surface area (Å²) in [6.07, 6.45) is 2.39. The number of fused-ring (bicyclic) bond motifs is 7. The predicted molar refractivity (Wildman–Crippen MR) is 296 cm³/mol. The maximum absolute atomic E-state index is 2.74. The first-order chi connectivity index (χ1) is 30.7. The largest absolute Gasteiger partial charge is 0.311 e. The summed E-state index contributed by atoms with van der Waals surface area (Å²) in [5.41, 5.74) is 20.5. The Balaban J connectivity index is 1.39. The molecule has 66 heavy (non-hydrogen) atoms. The lowest BCUT2D eigenvalue weighted by molar-refractivity contribution is 0.332. The van der Waals surface area contributed by atoms with Crippen molar-refractivity contribution in [3.8, 4) is 11.1 Å². The lowest BCUT2D eigenvalue weighted by Gasteiger charge is -2.45. The van der Waals surface area contributed by atoms with E-state index >= 15 is 0 Å². The normalized spacial score (nSPS) is 16.5. The maximum atomic E-state index is 2.74. The van der Waals surface area contributed by atoms with E-state index in [4.69, 9.17) is 0 Å². The van der Waals surface area contributed by atoms with Crippen LogP contribution in [0.5, 0.6) is 0 Å². The quantitative estimate of drug-likeness (QED) is 0.162. The molecule has 2 nitrogen and oxygen atoms in total. The third kappa shape index (κ3) is 7.25. The molecular weight excluding hydrogens is 832 g/mol. The van der Waals surface area contributed by atoms with E-state index in [1.165, 1.54) is 117 Å². The molecule has 0 unspecified atom stereocenters. The van der Waals surface area contributed by atoms with Gasteiger partial charge in [0.1, 0.15) is 0 Å². The molecule has 0 fully saturated rings. The molecule has 5 heteroatoms. The van der Waals surface area contributed by atoms with Gasteiger partial charge in [0.2, 0.25) is 0 Å². The van der Waals surface area contributed by atoms with Gasteiger partial charge in [0, 0.05) is 33.0 Å². The first-order valence-electron chi connectivity index (χ1n) is 24.6. The van der Waals surface area contributed by atoms with Gasteiger partial charge < -0.3 is 9.80 Å². The van der Waals surface area contributed by atoms with Crippen molar-refractivity contribution >= 4 is 91.2 Å². The minimum atomic E-state index is -1.89. The van der Waals surface area contributed by atoms with Gasteiger partial charge in [0.05, 0.1) is 18.8 Å². The zero-order valence-corrected chi connectivity index (χ0v) is 44.6. The second kappa shape index (κ2) is 14.8. The number of benzene rings is 6. The summed E-state index contributed by atoms with van der Waals surface area (Å²) >= 11 is 2.03. The van der Waals surface area contributed by atoms with Gasteiger partial charge >= 0.3 is 0 Å². The van der Waals surface area contributed by atoms with Crippen LogP contribution in [0.3, 0.4) is 0 Å². The van der Waals surface area contributed by atoms with E-state index in [0.29, 0.717) is 0 Å². The molecule has 1 aromatic heterocycles. The molecule has 338 valence electrons. The molecule has 1 aliphatic carbocycles. The fourth-order valence-corrected chi connectivity index (χ4v) is 13.6. The lowest BCUT2D eigenvalue weighted by atomic mass is 9.33. The third-order valence-electron chi connectivity index (χ3n) is 15.6. The molecule has 0 amide bonds. The first-order valence-corrected chi connectivity index (χ1v) is 28.9. The molecule has 0 atom stereocenters. The fraction of sp³-hybridized carbons (Fsp3) is 0.377. The SMILES string of the molecule is CC(C)(C)c1ccc(N2c3ccc(C(C)(C)C)cc3B3c4c2cc([Si](C)(C)C)cc4N(c2ccc(C(C)(C)C)cc2-c2ccccc2)c2sc4cc5c(cc4c23)C(C)(C)CCC5(C)C)cc1. The van der Waals surface area contributed by atoms with Crippen LogP contribution >= 0.6 is 11.3 Å². The van der Waals surface area contributed by atoms with E-state index in [2.05, 4.69) is 235 Å². The van der Waals surface area contributed by atoms with E-state index in [1.54, 1.807) is 0 Å². The number of rotatable bonds is 4. The van der Waals surface area contributed by atoms with Crippen LogP contribution in [0.2, 0.25) is 19.6 Å². The van der Waals surface area contributed by atoms with Crippen LogP contribution in [-0.4, -0.2) is 14.8 Å². The molecule has 2 aliphatic heterocycles. The Kier molecular flexibility index (Phi) is 10.1. The van der Waals surface area contributed by atoms with Crippen molar-refractivity contribution in [2.45, 2.75) is 150 Å². The number of hydrogen-bond donors (Lipinski definition) is 0. The van der Waals surface area contributed by atoms with Crippen LogP contribution in [-0.2, 0) is 27.1 Å². The number of anilines is 6. The van der Waals surface area contributed by atoms with Gasteiger partial charge in [-0.15, -0.1) is 11.3 Å². The topological polar surface area (TPSA) is 6.48 Å². The molecule has 0 N–H and O–H groups in total. The molecule has 0 spiro atoms. The molecule has 6 aromatic carbocycles. The van der Waals surface area contributed by atoms with Crippen molar-refractivity contribution in [3.63, 3.8) is 0 Å². The first kappa shape index (κ1) is 45.0. The Bertz CT molecular complexity index is 3070. The van der Waals surface area contributed by atoms with Crippen LogP contribution < -0.4 is 31.4 Å². The molecule has 3 aliphatic rings. The minimum Gasteiger partial charge on any atom is -0.311 e. The Morgan fingerprint density at radius 2 is 1.06 bits per heavy atom. The fourth-order valence-electron chi connectivity index (χ4n) is 11.2. The summed E-state index contributed by atoms with van der Waals surface area (Å²) in [5, 5.41) is 4.25. The van der Waals surface area contributed by atoms with Gasteiger partial charge in [0.15, 0.2) is 0 Å². The number of thiophene rings is 1. The van der Waals surface area contributed by atoms with Gasteiger partial charge in [-0.25, -0.2) is 0 Å². The summed E-state index contributed by atoms with van der Waals surface area (Å²) in [6.45, 7) is 38.6. The summed E-state index contributed by atoms with van der Waals surface area (Å²) < 4.78 is 1.40. The van der Waals surface area contributed by atoms with E-state index < -0.39 is 8.07 Å². The molecule has 0 saturated heterocycles. The highest BCUT2D eigenvalue weighted by atomic mass is 32.1. The van der Waals surface area contributed by atoms with Crippen molar-refractivity contribution < 1.29 is 0 Å². The van der Waals surface area contributed by atoms with Gasteiger partial charge in [-0.3, -0.25) is 0 Å². The van der Waals surface area contributed by atoms with Crippen molar-refractivity contribution in [2.75, 3.05) is 9.80 Å². The number of hydrogen-bond acceptors (Lipinski definition) is 3. The second-order valence-electron chi connectivity index (χ2n) is 25.4. The zero-order valence-electron chi connectivity index (χ0n) is 42.8. The predicted octanol–water partition coefficient (Wildman–Crippen LogP) is 15.4. The van der Waals surface area contributed by atoms with Crippen LogP contribution in [0.1, 0.15) is 131 Å². The van der Waals surface area contributed by atoms with Gasteiger partial charge in [-0.1, -0.05) is 176 Å². The van der Waals surface area contributed by atoms with Crippen molar-refractivity contribution in [1.82, 2.24) is 0 Å². The van der Waals surface area contributed by atoms with E-state index in [9.17, 15) is 0 Å². The summed E-state index contributed by atoms with van der Waals surface area (Å²) in [4.78, 5) is 5.38. The van der Waals surface area contributed by atoms with Gasteiger partial charge in [-0.05, 0) is 150 Å². The highest BCUT2D eigenvalue weighted by Crippen LogP contribution is 2.53. The molecule has 0 radical (unpaired) electrons. The highest BCUT2D eigenvalue weighted by Gasteiger charge is 2.48.